The second-order valence-electron chi connectivity index (χ2n) is 6.38. The number of aromatic nitrogens is 1. The van der Waals surface area contributed by atoms with Crippen LogP contribution in [-0.2, 0) is 17.6 Å². The van der Waals surface area contributed by atoms with Crippen molar-refractivity contribution >= 4 is 16.9 Å². The molecule has 0 unspecified atom stereocenters. The van der Waals surface area contributed by atoms with Crippen LogP contribution >= 0.6 is 0 Å². The van der Waals surface area contributed by atoms with Crippen molar-refractivity contribution in [2.24, 2.45) is 0 Å². The minimum absolute atomic E-state index is 0.147. The monoisotopic (exact) mass is 355 g/mol. The molecule has 0 atom stereocenters. The van der Waals surface area contributed by atoms with Gasteiger partial charge in [0.2, 0.25) is 0 Å². The van der Waals surface area contributed by atoms with E-state index in [1.807, 2.05) is 18.2 Å². The van der Waals surface area contributed by atoms with Gasteiger partial charge in [-0.3, -0.25) is 4.79 Å². The predicted molar refractivity (Wildman–Crippen MR) is 100 cm³/mol. The lowest BCUT2D eigenvalue weighted by Gasteiger charge is -2.09. The van der Waals surface area contributed by atoms with Crippen molar-refractivity contribution in [1.82, 2.24) is 4.98 Å². The third kappa shape index (κ3) is 3.57. The number of unbranched alkanes of at least 4 members (excludes halogenated alkanes) is 1. The van der Waals surface area contributed by atoms with Crippen LogP contribution in [0.5, 0.6) is 5.75 Å². The van der Waals surface area contributed by atoms with Crippen molar-refractivity contribution in [2.45, 2.75) is 32.6 Å². The fourth-order valence-electron chi connectivity index (χ4n) is 3.27. The molecule has 0 saturated carbocycles. The van der Waals surface area contributed by atoms with Gasteiger partial charge >= 0.3 is 5.97 Å². The van der Waals surface area contributed by atoms with E-state index in [0.29, 0.717) is 22.6 Å². The molecule has 26 heavy (non-hydrogen) atoms. The van der Waals surface area contributed by atoms with Crippen LogP contribution in [0.15, 0.2) is 36.4 Å². The highest BCUT2D eigenvalue weighted by atomic mass is 19.1. The Morgan fingerprint density at radius 2 is 2.04 bits per heavy atom. The Morgan fingerprint density at radius 1 is 1.23 bits per heavy atom. The summed E-state index contributed by atoms with van der Waals surface area (Å²) >= 11 is 0. The molecule has 0 saturated heterocycles. The molecule has 1 heterocycles. The molecule has 0 bridgehead atoms. The second-order valence-corrected chi connectivity index (χ2v) is 6.38. The molecule has 1 aromatic heterocycles. The Hall–Kier alpha value is -2.82. The van der Waals surface area contributed by atoms with E-state index in [2.05, 4.69) is 11.9 Å². The number of carboxylic acid groups (broad SMARTS) is 1. The molecule has 0 aliphatic heterocycles. The van der Waals surface area contributed by atoms with Crippen molar-refractivity contribution in [2.75, 3.05) is 7.11 Å². The maximum atomic E-state index is 13.8. The number of rotatable bonds is 7. The van der Waals surface area contributed by atoms with E-state index in [1.165, 1.54) is 24.8 Å². The molecule has 4 nitrogen and oxygen atoms in total. The number of carbonyl (C=O) groups is 1. The lowest BCUT2D eigenvalue weighted by atomic mass is 9.99. The zero-order valence-corrected chi connectivity index (χ0v) is 14.9. The van der Waals surface area contributed by atoms with Gasteiger partial charge in [-0.05, 0) is 54.3 Å². The van der Waals surface area contributed by atoms with Crippen molar-refractivity contribution in [3.8, 4) is 17.0 Å². The zero-order valence-electron chi connectivity index (χ0n) is 14.9. The second kappa shape index (κ2) is 7.60. The normalized spacial score (nSPS) is 11.0. The van der Waals surface area contributed by atoms with E-state index < -0.39 is 11.8 Å². The van der Waals surface area contributed by atoms with E-state index in [-0.39, 0.29) is 6.42 Å². The number of hydrogen-bond donors (Lipinski definition) is 2. The van der Waals surface area contributed by atoms with Crippen LogP contribution in [0.25, 0.3) is 22.2 Å². The van der Waals surface area contributed by atoms with Gasteiger partial charge in [-0.2, -0.15) is 0 Å². The van der Waals surface area contributed by atoms with Gasteiger partial charge in [0.25, 0.3) is 0 Å². The molecule has 0 aliphatic carbocycles. The van der Waals surface area contributed by atoms with Gasteiger partial charge in [0.15, 0.2) is 0 Å². The van der Waals surface area contributed by atoms with Crippen molar-refractivity contribution < 1.29 is 19.0 Å². The van der Waals surface area contributed by atoms with Crippen molar-refractivity contribution in [3.63, 3.8) is 0 Å². The first-order chi connectivity index (χ1) is 12.5. The SMILES string of the molecule is CCCCc1ccc2[nH]c(-c3cc(F)ccc3OC)c(CC(=O)O)c2c1. The third-order valence-corrected chi connectivity index (χ3v) is 4.55. The largest absolute Gasteiger partial charge is 0.496 e. The highest BCUT2D eigenvalue weighted by Crippen LogP contribution is 2.37. The van der Waals surface area contributed by atoms with Crippen LogP contribution in [0, 0.1) is 5.82 Å². The van der Waals surface area contributed by atoms with E-state index in [0.717, 1.165) is 30.2 Å². The molecule has 5 heteroatoms. The molecule has 0 radical (unpaired) electrons. The lowest BCUT2D eigenvalue weighted by molar-refractivity contribution is -0.136. The minimum atomic E-state index is -0.929. The van der Waals surface area contributed by atoms with Gasteiger partial charge in [0.05, 0.1) is 19.2 Å². The van der Waals surface area contributed by atoms with E-state index in [9.17, 15) is 14.3 Å². The number of benzene rings is 2. The van der Waals surface area contributed by atoms with Crippen LogP contribution in [0.2, 0.25) is 0 Å². The van der Waals surface area contributed by atoms with Gasteiger partial charge in [-0.25, -0.2) is 4.39 Å². The summed E-state index contributed by atoms with van der Waals surface area (Å²) in [5, 5.41) is 10.3. The number of carboxylic acids is 1. The van der Waals surface area contributed by atoms with Gasteiger partial charge in [-0.15, -0.1) is 0 Å². The standard InChI is InChI=1S/C21H22FNO3/c1-3-4-5-13-6-8-18-15(10-13)16(12-20(24)25)21(23-18)17-11-14(22)7-9-19(17)26-2/h6-11,23H,3-5,12H2,1-2H3,(H,24,25). The summed E-state index contributed by atoms with van der Waals surface area (Å²) < 4.78 is 19.2. The number of nitrogens with one attached hydrogen (secondary N) is 1. The van der Waals surface area contributed by atoms with Gasteiger partial charge in [0.1, 0.15) is 11.6 Å². The first-order valence-electron chi connectivity index (χ1n) is 8.72. The number of halogens is 1. The Balaban J connectivity index is 2.21. The number of aromatic amines is 1. The van der Waals surface area contributed by atoms with Crippen LogP contribution in [0.4, 0.5) is 4.39 Å². The Labute approximate surface area is 151 Å². The predicted octanol–water partition coefficient (Wildman–Crippen LogP) is 4.95. The quantitative estimate of drug-likeness (QED) is 0.630. The summed E-state index contributed by atoms with van der Waals surface area (Å²) in [6.07, 6.45) is 2.97. The Kier molecular flexibility index (Phi) is 5.26. The van der Waals surface area contributed by atoms with E-state index in [1.54, 1.807) is 6.07 Å². The number of hydrogen-bond acceptors (Lipinski definition) is 2. The summed E-state index contributed by atoms with van der Waals surface area (Å²) in [6, 6.07) is 10.3. The van der Waals surface area contributed by atoms with Crippen LogP contribution in [-0.4, -0.2) is 23.2 Å². The highest BCUT2D eigenvalue weighted by molar-refractivity contribution is 5.95. The molecule has 0 spiro atoms. The molecule has 2 N–H and O–H groups in total. The maximum absolute atomic E-state index is 13.8. The van der Waals surface area contributed by atoms with Crippen molar-refractivity contribution in [3.05, 3.63) is 53.3 Å². The summed E-state index contributed by atoms with van der Waals surface area (Å²) in [4.78, 5) is 14.7. The third-order valence-electron chi connectivity index (χ3n) is 4.55. The average Bonchev–Trinajstić information content (AvgIpc) is 2.97. The van der Waals surface area contributed by atoms with Gasteiger partial charge in [0, 0.05) is 16.5 Å². The van der Waals surface area contributed by atoms with Crippen LogP contribution in [0.1, 0.15) is 30.9 Å². The molecular weight excluding hydrogens is 333 g/mol. The van der Waals surface area contributed by atoms with Crippen molar-refractivity contribution in [1.29, 1.82) is 0 Å². The number of fused-ring (bicyclic) bond motifs is 1. The topological polar surface area (TPSA) is 62.3 Å². The number of aliphatic carboxylic acids is 1. The van der Waals surface area contributed by atoms with Gasteiger partial charge < -0.3 is 14.8 Å². The molecule has 3 rings (SSSR count). The lowest BCUT2D eigenvalue weighted by Crippen LogP contribution is -2.01. The number of H-pyrrole nitrogens is 1. The number of aryl methyl sites for hydroxylation is 1. The summed E-state index contributed by atoms with van der Waals surface area (Å²) in [7, 11) is 1.51. The maximum Gasteiger partial charge on any atom is 0.307 e. The minimum Gasteiger partial charge on any atom is -0.496 e. The molecule has 2 aromatic carbocycles. The fourth-order valence-corrected chi connectivity index (χ4v) is 3.27. The van der Waals surface area contributed by atoms with Crippen LogP contribution < -0.4 is 4.74 Å². The molecule has 3 aromatic rings. The first-order valence-corrected chi connectivity index (χ1v) is 8.72. The molecule has 0 fully saturated rings. The summed E-state index contributed by atoms with van der Waals surface area (Å²) in [5.41, 5.74) is 3.77. The average molecular weight is 355 g/mol. The van der Waals surface area contributed by atoms with Gasteiger partial charge in [-0.1, -0.05) is 19.4 Å². The smallest absolute Gasteiger partial charge is 0.307 e. The molecule has 0 aliphatic rings. The molecular formula is C21H22FNO3. The Morgan fingerprint density at radius 3 is 2.73 bits per heavy atom. The number of methoxy groups -OCH3 is 1. The van der Waals surface area contributed by atoms with E-state index in [4.69, 9.17) is 4.74 Å². The Bertz CT molecular complexity index is 946. The first kappa shape index (κ1) is 18.0. The molecule has 0 amide bonds. The fraction of sp³-hybridized carbons (Fsp3) is 0.286. The number of ether oxygens (including phenoxy) is 1. The highest BCUT2D eigenvalue weighted by Gasteiger charge is 2.19. The van der Waals surface area contributed by atoms with E-state index >= 15 is 0 Å². The summed E-state index contributed by atoms with van der Waals surface area (Å²) in [5.74, 6) is -0.832. The van der Waals surface area contributed by atoms with Crippen LogP contribution in [0.3, 0.4) is 0 Å². The zero-order chi connectivity index (χ0) is 18.7. The molecule has 136 valence electrons. The summed E-state index contributed by atoms with van der Waals surface area (Å²) in [6.45, 7) is 2.14.